The van der Waals surface area contributed by atoms with Gasteiger partial charge in [0.1, 0.15) is 4.88 Å². The van der Waals surface area contributed by atoms with Crippen molar-refractivity contribution in [2.24, 2.45) is 0 Å². The lowest BCUT2D eigenvalue weighted by molar-refractivity contribution is 0.0831. The SMILES string of the molecule is Cc1nc(C(C)C)sc1C(=O)N(C)C. The van der Waals surface area contributed by atoms with Gasteiger partial charge in [-0.05, 0) is 6.92 Å². The second-order valence-corrected chi connectivity index (χ2v) is 4.85. The highest BCUT2D eigenvalue weighted by molar-refractivity contribution is 7.13. The molecule has 0 aliphatic heterocycles. The highest BCUT2D eigenvalue weighted by Crippen LogP contribution is 2.25. The predicted molar refractivity (Wildman–Crippen MR) is 59.0 cm³/mol. The molecule has 4 heteroatoms. The zero-order chi connectivity index (χ0) is 10.9. The van der Waals surface area contributed by atoms with Crippen molar-refractivity contribution >= 4 is 17.2 Å². The number of amides is 1. The van der Waals surface area contributed by atoms with Crippen LogP contribution in [0.1, 0.15) is 40.1 Å². The second kappa shape index (κ2) is 4.09. The van der Waals surface area contributed by atoms with E-state index in [-0.39, 0.29) is 5.91 Å². The van der Waals surface area contributed by atoms with Gasteiger partial charge in [0.05, 0.1) is 10.7 Å². The van der Waals surface area contributed by atoms with E-state index >= 15 is 0 Å². The van der Waals surface area contributed by atoms with Gasteiger partial charge >= 0.3 is 0 Å². The van der Waals surface area contributed by atoms with Crippen LogP contribution >= 0.6 is 11.3 Å². The van der Waals surface area contributed by atoms with Gasteiger partial charge in [0.25, 0.3) is 5.91 Å². The number of hydrogen-bond acceptors (Lipinski definition) is 3. The van der Waals surface area contributed by atoms with Crippen LogP contribution in [0.2, 0.25) is 0 Å². The van der Waals surface area contributed by atoms with Crippen molar-refractivity contribution in [1.82, 2.24) is 9.88 Å². The summed E-state index contributed by atoms with van der Waals surface area (Å²) >= 11 is 1.50. The molecule has 78 valence electrons. The predicted octanol–water partition coefficient (Wildman–Crippen LogP) is 2.28. The summed E-state index contributed by atoms with van der Waals surface area (Å²) in [5.74, 6) is 0.439. The molecule has 3 nitrogen and oxygen atoms in total. The lowest BCUT2D eigenvalue weighted by Crippen LogP contribution is -2.21. The van der Waals surface area contributed by atoms with Crippen molar-refractivity contribution in [3.63, 3.8) is 0 Å². The van der Waals surface area contributed by atoms with E-state index in [0.29, 0.717) is 5.92 Å². The fraction of sp³-hybridized carbons (Fsp3) is 0.600. The Bertz CT molecular complexity index is 342. The summed E-state index contributed by atoms with van der Waals surface area (Å²) in [6.45, 7) is 6.06. The van der Waals surface area contributed by atoms with Gasteiger partial charge in [-0.2, -0.15) is 0 Å². The van der Waals surface area contributed by atoms with Gasteiger partial charge < -0.3 is 4.90 Å². The molecule has 0 aliphatic carbocycles. The molecule has 14 heavy (non-hydrogen) atoms. The minimum atomic E-state index is 0.0481. The fourth-order valence-electron chi connectivity index (χ4n) is 1.07. The lowest BCUT2D eigenvalue weighted by atomic mass is 10.2. The van der Waals surface area contributed by atoms with Crippen molar-refractivity contribution in [2.75, 3.05) is 14.1 Å². The molecule has 0 atom stereocenters. The summed E-state index contributed by atoms with van der Waals surface area (Å²) in [6, 6.07) is 0. The average Bonchev–Trinajstić information content (AvgIpc) is 2.46. The Balaban J connectivity index is 3.04. The molecule has 1 rings (SSSR count). The van der Waals surface area contributed by atoms with Gasteiger partial charge in [-0.15, -0.1) is 11.3 Å². The van der Waals surface area contributed by atoms with Crippen LogP contribution in [-0.4, -0.2) is 29.9 Å². The highest BCUT2D eigenvalue weighted by Gasteiger charge is 2.17. The molecule has 1 heterocycles. The van der Waals surface area contributed by atoms with E-state index in [1.165, 1.54) is 11.3 Å². The van der Waals surface area contributed by atoms with Crippen molar-refractivity contribution < 1.29 is 4.79 Å². The van der Waals surface area contributed by atoms with E-state index in [1.54, 1.807) is 19.0 Å². The standard InChI is InChI=1S/C10H16N2OS/c1-6(2)9-11-7(3)8(14-9)10(13)12(4)5/h6H,1-5H3. The Labute approximate surface area is 88.8 Å². The number of aromatic nitrogens is 1. The molecular formula is C10H16N2OS. The molecule has 0 radical (unpaired) electrons. The number of aryl methyl sites for hydroxylation is 1. The quantitative estimate of drug-likeness (QED) is 0.753. The molecule has 0 aliphatic rings. The third-order valence-corrected chi connectivity index (χ3v) is 3.35. The van der Waals surface area contributed by atoms with E-state index in [9.17, 15) is 4.79 Å². The molecular weight excluding hydrogens is 196 g/mol. The van der Waals surface area contributed by atoms with Gasteiger partial charge in [0.2, 0.25) is 0 Å². The van der Waals surface area contributed by atoms with E-state index in [1.807, 2.05) is 6.92 Å². The molecule has 0 fully saturated rings. The van der Waals surface area contributed by atoms with Crippen LogP contribution in [0.5, 0.6) is 0 Å². The second-order valence-electron chi connectivity index (χ2n) is 3.82. The Kier molecular flexibility index (Phi) is 3.26. The molecule has 0 saturated carbocycles. The summed E-state index contributed by atoms with van der Waals surface area (Å²) in [4.78, 5) is 18.4. The van der Waals surface area contributed by atoms with Gasteiger partial charge in [0, 0.05) is 20.0 Å². The zero-order valence-corrected chi connectivity index (χ0v) is 10.1. The lowest BCUT2D eigenvalue weighted by Gasteiger charge is -2.07. The Hall–Kier alpha value is -0.900. The number of nitrogens with zero attached hydrogens (tertiary/aromatic N) is 2. The number of carbonyl (C=O) groups excluding carboxylic acids is 1. The van der Waals surface area contributed by atoms with E-state index in [0.717, 1.165) is 15.6 Å². The first kappa shape index (κ1) is 11.2. The molecule has 1 aromatic rings. The minimum Gasteiger partial charge on any atom is -0.344 e. The topological polar surface area (TPSA) is 33.2 Å². The summed E-state index contributed by atoms with van der Waals surface area (Å²) in [6.07, 6.45) is 0. The first-order chi connectivity index (χ1) is 6.43. The van der Waals surface area contributed by atoms with Gasteiger partial charge in [0.15, 0.2) is 0 Å². The number of thiazole rings is 1. The highest BCUT2D eigenvalue weighted by atomic mass is 32.1. The maximum absolute atomic E-state index is 11.7. The summed E-state index contributed by atoms with van der Waals surface area (Å²) in [5, 5.41) is 1.03. The fourth-order valence-corrected chi connectivity index (χ4v) is 2.16. The molecule has 0 aromatic carbocycles. The normalized spacial score (nSPS) is 10.7. The smallest absolute Gasteiger partial charge is 0.265 e. The number of hydrogen-bond donors (Lipinski definition) is 0. The van der Waals surface area contributed by atoms with Gasteiger partial charge in [-0.1, -0.05) is 13.8 Å². The Morgan fingerprint density at radius 2 is 2.00 bits per heavy atom. The van der Waals surface area contributed by atoms with Crippen LogP contribution < -0.4 is 0 Å². The minimum absolute atomic E-state index is 0.0481. The Morgan fingerprint density at radius 1 is 1.43 bits per heavy atom. The molecule has 0 N–H and O–H groups in total. The molecule has 0 saturated heterocycles. The van der Waals surface area contributed by atoms with Crippen molar-refractivity contribution in [2.45, 2.75) is 26.7 Å². The molecule has 0 bridgehead atoms. The summed E-state index contributed by atoms with van der Waals surface area (Å²) < 4.78 is 0. The number of rotatable bonds is 2. The van der Waals surface area contributed by atoms with E-state index in [4.69, 9.17) is 0 Å². The van der Waals surface area contributed by atoms with Crippen LogP contribution in [-0.2, 0) is 0 Å². The van der Waals surface area contributed by atoms with Crippen molar-refractivity contribution in [3.05, 3.63) is 15.6 Å². The van der Waals surface area contributed by atoms with E-state index < -0.39 is 0 Å². The maximum Gasteiger partial charge on any atom is 0.265 e. The Morgan fingerprint density at radius 3 is 2.36 bits per heavy atom. The average molecular weight is 212 g/mol. The van der Waals surface area contributed by atoms with Crippen molar-refractivity contribution in [3.8, 4) is 0 Å². The maximum atomic E-state index is 11.7. The van der Waals surface area contributed by atoms with Crippen LogP contribution in [0.4, 0.5) is 0 Å². The first-order valence-electron chi connectivity index (χ1n) is 4.62. The van der Waals surface area contributed by atoms with Crippen LogP contribution in [0.3, 0.4) is 0 Å². The van der Waals surface area contributed by atoms with Gasteiger partial charge in [-0.3, -0.25) is 4.79 Å². The number of carbonyl (C=O) groups is 1. The summed E-state index contributed by atoms with van der Waals surface area (Å²) in [5.41, 5.74) is 0.845. The molecule has 0 unspecified atom stereocenters. The van der Waals surface area contributed by atoms with Crippen LogP contribution in [0, 0.1) is 6.92 Å². The van der Waals surface area contributed by atoms with Crippen molar-refractivity contribution in [1.29, 1.82) is 0 Å². The van der Waals surface area contributed by atoms with Crippen LogP contribution in [0.25, 0.3) is 0 Å². The molecule has 0 spiro atoms. The summed E-state index contributed by atoms with van der Waals surface area (Å²) in [7, 11) is 3.52. The third kappa shape index (κ3) is 2.12. The van der Waals surface area contributed by atoms with Crippen LogP contribution in [0.15, 0.2) is 0 Å². The zero-order valence-electron chi connectivity index (χ0n) is 9.29. The molecule has 1 aromatic heterocycles. The monoisotopic (exact) mass is 212 g/mol. The van der Waals surface area contributed by atoms with E-state index in [2.05, 4.69) is 18.8 Å². The van der Waals surface area contributed by atoms with Gasteiger partial charge in [-0.25, -0.2) is 4.98 Å². The largest absolute Gasteiger partial charge is 0.344 e. The third-order valence-electron chi connectivity index (χ3n) is 1.91. The molecule has 1 amide bonds. The first-order valence-corrected chi connectivity index (χ1v) is 5.44.